The summed E-state index contributed by atoms with van der Waals surface area (Å²) in [5.41, 5.74) is 1.89. The van der Waals surface area contributed by atoms with E-state index in [9.17, 15) is 14.7 Å². The number of benzene rings is 2. The van der Waals surface area contributed by atoms with Crippen LogP contribution in [0.5, 0.6) is 5.75 Å². The highest BCUT2D eigenvalue weighted by atomic mass is 32.2. The average molecular weight is 428 g/mol. The summed E-state index contributed by atoms with van der Waals surface area (Å²) in [6.07, 6.45) is 2.40. The van der Waals surface area contributed by atoms with Crippen LogP contribution in [-0.4, -0.2) is 40.0 Å². The van der Waals surface area contributed by atoms with E-state index in [4.69, 9.17) is 0 Å². The molecule has 0 spiro atoms. The molecule has 150 valence electrons. The molecule has 3 rings (SSSR count). The Morgan fingerprint density at radius 3 is 2.59 bits per heavy atom. The van der Waals surface area contributed by atoms with Crippen molar-refractivity contribution in [3.8, 4) is 17.0 Å². The van der Waals surface area contributed by atoms with Crippen LogP contribution in [0.1, 0.15) is 16.8 Å². The van der Waals surface area contributed by atoms with Crippen molar-refractivity contribution in [1.29, 1.82) is 0 Å². The van der Waals surface area contributed by atoms with E-state index in [-0.39, 0.29) is 17.2 Å². The molecular weight excluding hydrogens is 406 g/mol. The van der Waals surface area contributed by atoms with E-state index in [1.165, 1.54) is 23.5 Å². The Morgan fingerprint density at radius 2 is 1.86 bits per heavy atom. The van der Waals surface area contributed by atoms with Crippen LogP contribution in [-0.2, 0) is 4.79 Å². The van der Waals surface area contributed by atoms with Crippen LogP contribution in [0.2, 0.25) is 0 Å². The molecule has 0 aliphatic heterocycles. The number of phenolic OH excluding ortho intramolecular Hbond substituents is 1. The predicted octanol–water partition coefficient (Wildman–Crippen LogP) is 4.01. The van der Waals surface area contributed by atoms with Gasteiger partial charge in [-0.1, -0.05) is 42.5 Å². The first kappa shape index (κ1) is 20.9. The zero-order chi connectivity index (χ0) is 20.6. The van der Waals surface area contributed by atoms with Gasteiger partial charge >= 0.3 is 0 Å². The Labute approximate surface area is 177 Å². The Hall–Kier alpha value is -2.84. The third-order valence-electron chi connectivity index (χ3n) is 4.19. The maximum Gasteiger partial charge on any atom is 0.255 e. The van der Waals surface area contributed by atoms with Crippen molar-refractivity contribution in [3.05, 3.63) is 65.5 Å². The lowest BCUT2D eigenvalue weighted by atomic mass is 10.1. The maximum absolute atomic E-state index is 12.8. The average Bonchev–Trinajstić information content (AvgIpc) is 3.20. The highest BCUT2D eigenvalue weighted by molar-refractivity contribution is 7.98. The zero-order valence-corrected chi connectivity index (χ0v) is 17.4. The monoisotopic (exact) mass is 427 g/mol. The molecule has 0 saturated carbocycles. The Morgan fingerprint density at radius 1 is 1.14 bits per heavy atom. The van der Waals surface area contributed by atoms with Crippen LogP contribution < -0.4 is 10.6 Å². The highest BCUT2D eigenvalue weighted by Gasteiger charge is 2.23. The summed E-state index contributed by atoms with van der Waals surface area (Å²) in [6.45, 7) is 0. The minimum Gasteiger partial charge on any atom is -0.507 e. The second-order valence-electron chi connectivity index (χ2n) is 6.22. The Balaban J connectivity index is 1.70. The molecule has 0 aliphatic carbocycles. The van der Waals surface area contributed by atoms with Crippen LogP contribution >= 0.6 is 23.1 Å². The third-order valence-corrected chi connectivity index (χ3v) is 5.59. The van der Waals surface area contributed by atoms with Gasteiger partial charge in [0.25, 0.3) is 5.91 Å². The summed E-state index contributed by atoms with van der Waals surface area (Å²) >= 11 is 2.92. The number of nitrogens with one attached hydrogen (secondary N) is 2. The number of nitrogens with zero attached hydrogens (tertiary/aromatic N) is 1. The number of hydrogen-bond acceptors (Lipinski definition) is 6. The first-order valence-electron chi connectivity index (χ1n) is 8.98. The van der Waals surface area contributed by atoms with Crippen LogP contribution in [0.25, 0.3) is 11.3 Å². The molecule has 6 nitrogen and oxygen atoms in total. The number of amides is 2. The number of aromatic hydroxyl groups is 1. The van der Waals surface area contributed by atoms with Gasteiger partial charge in [-0.3, -0.25) is 9.59 Å². The number of para-hydroxylation sites is 1. The normalized spacial score (nSPS) is 11.6. The summed E-state index contributed by atoms with van der Waals surface area (Å²) in [5.74, 6) is -0.251. The summed E-state index contributed by atoms with van der Waals surface area (Å²) in [6, 6.07) is 15.2. The number of rotatable bonds is 8. The van der Waals surface area contributed by atoms with Crippen molar-refractivity contribution < 1.29 is 14.7 Å². The molecule has 3 aromatic rings. The van der Waals surface area contributed by atoms with Gasteiger partial charge in [0, 0.05) is 10.9 Å². The van der Waals surface area contributed by atoms with Gasteiger partial charge in [0.15, 0.2) is 5.13 Å². The van der Waals surface area contributed by atoms with E-state index >= 15 is 0 Å². The SMILES string of the molecule is CSCCC(NC(=O)c1ccccc1O)C(=O)Nc1nc(-c2ccccc2)cs1. The number of carbonyl (C=O) groups excluding carboxylic acids is 2. The largest absolute Gasteiger partial charge is 0.507 e. The van der Waals surface area contributed by atoms with Crippen LogP contribution in [0, 0.1) is 0 Å². The van der Waals surface area contributed by atoms with E-state index in [1.54, 1.807) is 23.9 Å². The molecule has 1 heterocycles. The van der Waals surface area contributed by atoms with Crippen molar-refractivity contribution in [3.63, 3.8) is 0 Å². The Bertz CT molecular complexity index is 976. The topological polar surface area (TPSA) is 91.3 Å². The van der Waals surface area contributed by atoms with E-state index in [2.05, 4.69) is 15.6 Å². The van der Waals surface area contributed by atoms with E-state index in [0.29, 0.717) is 17.3 Å². The number of thioether (sulfide) groups is 1. The second-order valence-corrected chi connectivity index (χ2v) is 8.06. The van der Waals surface area contributed by atoms with E-state index in [0.717, 1.165) is 11.3 Å². The van der Waals surface area contributed by atoms with Gasteiger partial charge in [-0.05, 0) is 30.6 Å². The minimum atomic E-state index is -0.737. The smallest absolute Gasteiger partial charge is 0.255 e. The van der Waals surface area contributed by atoms with Crippen LogP contribution in [0.4, 0.5) is 5.13 Å². The molecule has 1 aromatic heterocycles. The van der Waals surface area contributed by atoms with Gasteiger partial charge in [-0.25, -0.2) is 4.98 Å². The fourth-order valence-electron chi connectivity index (χ4n) is 2.67. The molecule has 0 bridgehead atoms. The standard InChI is InChI=1S/C21H21N3O3S2/c1-28-12-11-16(22-19(26)15-9-5-6-10-18(15)25)20(27)24-21-23-17(13-29-21)14-7-3-2-4-8-14/h2-10,13,16,25H,11-12H2,1H3,(H,22,26)(H,23,24,27). The van der Waals surface area contributed by atoms with E-state index < -0.39 is 11.9 Å². The first-order valence-corrected chi connectivity index (χ1v) is 11.3. The van der Waals surface area contributed by atoms with Crippen LogP contribution in [0.15, 0.2) is 60.0 Å². The molecule has 0 saturated heterocycles. The molecule has 0 aliphatic rings. The molecule has 0 radical (unpaired) electrons. The molecule has 29 heavy (non-hydrogen) atoms. The third kappa shape index (κ3) is 5.58. The van der Waals surface area contributed by atoms with Crippen LogP contribution in [0.3, 0.4) is 0 Å². The molecule has 8 heteroatoms. The lowest BCUT2D eigenvalue weighted by molar-refractivity contribution is -0.118. The number of hydrogen-bond donors (Lipinski definition) is 3. The van der Waals surface area contributed by atoms with Gasteiger partial charge < -0.3 is 15.7 Å². The van der Waals surface area contributed by atoms with Gasteiger partial charge in [-0.2, -0.15) is 11.8 Å². The molecular formula is C21H21N3O3S2. The van der Waals surface area contributed by atoms with Gasteiger partial charge in [-0.15, -0.1) is 11.3 Å². The van der Waals surface area contributed by atoms with Crippen molar-refractivity contribution in [2.75, 3.05) is 17.3 Å². The number of carbonyl (C=O) groups is 2. The molecule has 2 aromatic carbocycles. The van der Waals surface area contributed by atoms with Crippen molar-refractivity contribution in [2.24, 2.45) is 0 Å². The summed E-state index contributed by atoms with van der Waals surface area (Å²) < 4.78 is 0. The fraction of sp³-hybridized carbons (Fsp3) is 0.190. The van der Waals surface area contributed by atoms with Gasteiger partial charge in [0.1, 0.15) is 11.8 Å². The lowest BCUT2D eigenvalue weighted by Gasteiger charge is -2.17. The number of thiazole rings is 1. The number of phenols is 1. The van der Waals surface area contributed by atoms with Crippen molar-refractivity contribution in [2.45, 2.75) is 12.5 Å². The number of anilines is 1. The number of aromatic nitrogens is 1. The summed E-state index contributed by atoms with van der Waals surface area (Å²) in [7, 11) is 0. The fourth-order valence-corrected chi connectivity index (χ4v) is 3.87. The first-order chi connectivity index (χ1) is 14.1. The molecule has 3 N–H and O–H groups in total. The van der Waals surface area contributed by atoms with Gasteiger partial charge in [0.2, 0.25) is 5.91 Å². The molecule has 0 fully saturated rings. The quantitative estimate of drug-likeness (QED) is 0.505. The van der Waals surface area contributed by atoms with Gasteiger partial charge in [0.05, 0.1) is 11.3 Å². The zero-order valence-electron chi connectivity index (χ0n) is 15.8. The summed E-state index contributed by atoms with van der Waals surface area (Å²) in [4.78, 5) is 29.8. The lowest BCUT2D eigenvalue weighted by Crippen LogP contribution is -2.44. The molecule has 2 amide bonds. The predicted molar refractivity (Wildman–Crippen MR) is 119 cm³/mol. The molecule has 1 unspecified atom stereocenters. The van der Waals surface area contributed by atoms with Crippen molar-refractivity contribution in [1.82, 2.24) is 10.3 Å². The van der Waals surface area contributed by atoms with E-state index in [1.807, 2.05) is 42.0 Å². The maximum atomic E-state index is 12.8. The van der Waals surface area contributed by atoms with Crippen molar-refractivity contribution >= 4 is 40.0 Å². The second kappa shape index (κ2) is 10.1. The highest BCUT2D eigenvalue weighted by Crippen LogP contribution is 2.25. The molecule has 1 atom stereocenters. The summed E-state index contributed by atoms with van der Waals surface area (Å²) in [5, 5.41) is 17.7. The Kier molecular flexibility index (Phi) is 7.26. The minimum absolute atomic E-state index is 0.124.